The molecule has 0 saturated heterocycles. The molecule has 0 N–H and O–H groups in total. The average molecular weight is 845 g/mol. The predicted molar refractivity (Wildman–Crippen MR) is 280 cm³/mol. The Bertz CT molecular complexity index is 3870. The molecule has 0 amide bonds. The van der Waals surface area contributed by atoms with Crippen molar-refractivity contribution < 1.29 is 0 Å². The SMILES string of the molecule is c1ccc(-n2c3ccccc3c3ccccc32)c(-c2ccc(N(c3ccc(-c4ccc5c(c4)sc4c6ccccc6ccc54)cc3)c3ccc(-c4cccc5ccccc45)cc3)cc2)c1. The van der Waals surface area contributed by atoms with Gasteiger partial charge in [-0.25, -0.2) is 0 Å². The zero-order valence-corrected chi connectivity index (χ0v) is 36.2. The van der Waals surface area contributed by atoms with Crippen LogP contribution in [0.1, 0.15) is 0 Å². The van der Waals surface area contributed by atoms with Gasteiger partial charge < -0.3 is 9.47 Å². The van der Waals surface area contributed by atoms with Crippen LogP contribution in [0.25, 0.3) is 103 Å². The predicted octanol–water partition coefficient (Wildman–Crippen LogP) is 17.9. The largest absolute Gasteiger partial charge is 0.311 e. The topological polar surface area (TPSA) is 8.17 Å². The highest BCUT2D eigenvalue weighted by Crippen LogP contribution is 2.43. The molecule has 0 radical (unpaired) electrons. The quantitative estimate of drug-likeness (QED) is 0.155. The summed E-state index contributed by atoms with van der Waals surface area (Å²) < 4.78 is 5.08. The van der Waals surface area contributed by atoms with Crippen LogP contribution in [-0.2, 0) is 0 Å². The number of benzene rings is 11. The van der Waals surface area contributed by atoms with E-state index in [2.05, 4.69) is 252 Å². The maximum Gasteiger partial charge on any atom is 0.0541 e. The normalized spacial score (nSPS) is 11.7. The molecule has 13 rings (SSSR count). The Labute approximate surface area is 381 Å². The summed E-state index contributed by atoms with van der Waals surface area (Å²) in [5.74, 6) is 0. The summed E-state index contributed by atoms with van der Waals surface area (Å²) in [6, 6.07) is 88.8. The van der Waals surface area contributed by atoms with Crippen molar-refractivity contribution in [3.8, 4) is 39.1 Å². The van der Waals surface area contributed by atoms with E-state index in [9.17, 15) is 0 Å². The van der Waals surface area contributed by atoms with Crippen molar-refractivity contribution in [2.24, 2.45) is 0 Å². The van der Waals surface area contributed by atoms with Gasteiger partial charge in [-0.1, -0.05) is 182 Å². The summed E-state index contributed by atoms with van der Waals surface area (Å²) in [4.78, 5) is 2.37. The van der Waals surface area contributed by atoms with Crippen LogP contribution in [0, 0.1) is 0 Å². The van der Waals surface area contributed by atoms with Gasteiger partial charge in [0.25, 0.3) is 0 Å². The lowest BCUT2D eigenvalue weighted by atomic mass is 9.98. The minimum atomic E-state index is 1.09. The molecule has 65 heavy (non-hydrogen) atoms. The summed E-state index contributed by atoms with van der Waals surface area (Å²) in [5, 5.41) is 10.3. The smallest absolute Gasteiger partial charge is 0.0541 e. The van der Waals surface area contributed by atoms with Crippen LogP contribution < -0.4 is 4.90 Å². The van der Waals surface area contributed by atoms with Crippen molar-refractivity contribution in [3.63, 3.8) is 0 Å². The molecular weight excluding hydrogens is 805 g/mol. The first-order valence-electron chi connectivity index (χ1n) is 22.2. The zero-order chi connectivity index (χ0) is 42.8. The number of thiophene rings is 1. The first-order valence-corrected chi connectivity index (χ1v) is 23.1. The van der Waals surface area contributed by atoms with Gasteiger partial charge >= 0.3 is 0 Å². The molecule has 3 heteroatoms. The Kier molecular flexibility index (Phi) is 8.75. The lowest BCUT2D eigenvalue weighted by molar-refractivity contribution is 1.18. The second-order valence-corrected chi connectivity index (χ2v) is 17.9. The Balaban J connectivity index is 0.897. The van der Waals surface area contributed by atoms with Crippen LogP contribution in [-0.4, -0.2) is 4.57 Å². The molecule has 304 valence electrons. The fraction of sp³-hybridized carbons (Fsp3) is 0. The van der Waals surface area contributed by atoms with Gasteiger partial charge in [0.15, 0.2) is 0 Å². The number of fused-ring (bicyclic) bond motifs is 9. The van der Waals surface area contributed by atoms with E-state index in [1.807, 2.05) is 11.3 Å². The van der Waals surface area contributed by atoms with E-state index in [-0.39, 0.29) is 0 Å². The van der Waals surface area contributed by atoms with Crippen LogP contribution in [0.15, 0.2) is 243 Å². The molecule has 0 saturated carbocycles. The molecule has 0 aliphatic rings. The third kappa shape index (κ3) is 6.24. The Morgan fingerprint density at radius 3 is 1.46 bits per heavy atom. The fourth-order valence-electron chi connectivity index (χ4n) is 10.1. The molecule has 0 spiro atoms. The first-order chi connectivity index (χ1) is 32.2. The number of hydrogen-bond donors (Lipinski definition) is 0. The van der Waals surface area contributed by atoms with Crippen LogP contribution >= 0.6 is 11.3 Å². The van der Waals surface area contributed by atoms with E-state index >= 15 is 0 Å². The van der Waals surface area contributed by atoms with E-state index < -0.39 is 0 Å². The second-order valence-electron chi connectivity index (χ2n) is 16.9. The average Bonchev–Trinajstić information content (AvgIpc) is 3.93. The number of hydrogen-bond acceptors (Lipinski definition) is 2. The molecule has 0 bridgehead atoms. The van der Waals surface area contributed by atoms with Crippen molar-refractivity contribution in [1.29, 1.82) is 0 Å². The van der Waals surface area contributed by atoms with Crippen LogP contribution in [0.2, 0.25) is 0 Å². The summed E-state index contributed by atoms with van der Waals surface area (Å²) in [7, 11) is 0. The third-order valence-corrected chi connectivity index (χ3v) is 14.4. The van der Waals surface area contributed by atoms with Crippen molar-refractivity contribution in [3.05, 3.63) is 243 Å². The highest BCUT2D eigenvalue weighted by molar-refractivity contribution is 7.26. The van der Waals surface area contributed by atoms with Crippen molar-refractivity contribution in [2.75, 3.05) is 4.90 Å². The minimum absolute atomic E-state index is 1.09. The summed E-state index contributed by atoms with van der Waals surface area (Å²) >= 11 is 1.89. The Hall–Kier alpha value is -8.24. The highest BCUT2D eigenvalue weighted by atomic mass is 32.1. The van der Waals surface area contributed by atoms with Crippen LogP contribution in [0.4, 0.5) is 17.1 Å². The number of nitrogens with zero attached hydrogens (tertiary/aromatic N) is 2. The third-order valence-electron chi connectivity index (χ3n) is 13.2. The van der Waals surface area contributed by atoms with E-state index in [0.29, 0.717) is 0 Å². The molecule has 0 aliphatic carbocycles. The van der Waals surface area contributed by atoms with Gasteiger partial charge in [0, 0.05) is 53.6 Å². The Morgan fingerprint density at radius 2 is 0.785 bits per heavy atom. The first kappa shape index (κ1) is 37.3. The van der Waals surface area contributed by atoms with Gasteiger partial charge in [0.2, 0.25) is 0 Å². The molecule has 2 heterocycles. The molecule has 11 aromatic carbocycles. The molecule has 0 fully saturated rings. The lowest BCUT2D eigenvalue weighted by Crippen LogP contribution is -2.09. The maximum atomic E-state index is 2.42. The second kappa shape index (κ2) is 15.2. The molecule has 13 aromatic rings. The summed E-state index contributed by atoms with van der Waals surface area (Å²) in [5.41, 5.74) is 14.1. The van der Waals surface area contributed by atoms with Gasteiger partial charge in [0.05, 0.1) is 16.7 Å². The molecule has 0 atom stereocenters. The van der Waals surface area contributed by atoms with E-state index in [4.69, 9.17) is 0 Å². The van der Waals surface area contributed by atoms with E-state index in [1.54, 1.807) is 0 Å². The molecule has 0 aliphatic heterocycles. The number of anilines is 3. The van der Waals surface area contributed by atoms with Gasteiger partial charge in [-0.3, -0.25) is 0 Å². The van der Waals surface area contributed by atoms with Crippen LogP contribution in [0.3, 0.4) is 0 Å². The monoisotopic (exact) mass is 844 g/mol. The van der Waals surface area contributed by atoms with Gasteiger partial charge in [-0.15, -0.1) is 11.3 Å². The molecule has 0 unspecified atom stereocenters. The summed E-state index contributed by atoms with van der Waals surface area (Å²) in [6.07, 6.45) is 0. The van der Waals surface area contributed by atoms with E-state index in [1.165, 1.54) is 91.3 Å². The molecule has 2 nitrogen and oxygen atoms in total. The van der Waals surface area contributed by atoms with E-state index in [0.717, 1.165) is 28.3 Å². The standard InChI is InChI=1S/C62H40N2S/c1-3-15-50-42(12-1)14-11-20-51(50)44-26-34-48(35-27-44)63(47-32-24-41(25-33-47)46-31-38-56-57-39-30-43-13-2-4-17-53(43)62(57)65-61(56)40-46)49-36-28-45(29-37-49)52-16-5-8-21-58(52)64-59-22-9-6-18-54(59)55-19-7-10-23-60(55)64/h1-40H. The number of aromatic nitrogens is 1. The summed E-state index contributed by atoms with van der Waals surface area (Å²) in [6.45, 7) is 0. The van der Waals surface area contributed by atoms with Gasteiger partial charge in [-0.05, 0) is 110 Å². The van der Waals surface area contributed by atoms with Crippen molar-refractivity contribution in [2.45, 2.75) is 0 Å². The Morgan fingerprint density at radius 1 is 0.308 bits per heavy atom. The minimum Gasteiger partial charge on any atom is -0.311 e. The van der Waals surface area contributed by atoms with Crippen LogP contribution in [0.5, 0.6) is 0 Å². The number of rotatable bonds is 7. The molecule has 2 aromatic heterocycles. The highest BCUT2D eigenvalue weighted by Gasteiger charge is 2.18. The number of para-hydroxylation sites is 3. The van der Waals surface area contributed by atoms with Gasteiger partial charge in [0.1, 0.15) is 0 Å². The maximum absolute atomic E-state index is 2.42. The lowest BCUT2D eigenvalue weighted by Gasteiger charge is -2.26. The molecular formula is C62H40N2S. The fourth-order valence-corrected chi connectivity index (χ4v) is 11.4. The zero-order valence-electron chi connectivity index (χ0n) is 35.4. The van der Waals surface area contributed by atoms with Gasteiger partial charge in [-0.2, -0.15) is 0 Å². The van der Waals surface area contributed by atoms with Crippen molar-refractivity contribution >= 4 is 91.9 Å². The van der Waals surface area contributed by atoms with Crippen molar-refractivity contribution in [1.82, 2.24) is 4.57 Å².